The topological polar surface area (TPSA) is 12.0 Å². The van der Waals surface area contributed by atoms with Crippen LogP contribution >= 0.6 is 0 Å². The molecule has 1 fully saturated rings. The first-order valence-corrected chi connectivity index (χ1v) is 5.92. The van der Waals surface area contributed by atoms with E-state index in [-0.39, 0.29) is 0 Å². The molecule has 0 aromatic carbocycles. The van der Waals surface area contributed by atoms with Gasteiger partial charge in [-0.2, -0.15) is 0 Å². The molecule has 0 bridgehead atoms. The predicted octanol–water partition coefficient (Wildman–Crippen LogP) is 3.06. The zero-order valence-corrected chi connectivity index (χ0v) is 9.47. The summed E-state index contributed by atoms with van der Waals surface area (Å²) in [5.41, 5.74) is 0. The van der Waals surface area contributed by atoms with Crippen molar-refractivity contribution in [3.8, 4) is 0 Å². The van der Waals surface area contributed by atoms with Gasteiger partial charge in [-0.3, -0.25) is 0 Å². The van der Waals surface area contributed by atoms with Crippen LogP contribution in [-0.2, 0) is 0 Å². The van der Waals surface area contributed by atoms with Gasteiger partial charge in [-0.15, -0.1) is 0 Å². The number of hydrogen-bond acceptors (Lipinski definition) is 1. The summed E-state index contributed by atoms with van der Waals surface area (Å²) in [6, 6.07) is 0. The van der Waals surface area contributed by atoms with Crippen LogP contribution in [0.2, 0.25) is 0 Å². The van der Waals surface area contributed by atoms with Crippen molar-refractivity contribution in [2.45, 2.75) is 46.0 Å². The Balaban J connectivity index is 2.33. The van der Waals surface area contributed by atoms with Crippen LogP contribution in [0.15, 0.2) is 0 Å². The van der Waals surface area contributed by atoms with E-state index in [0.717, 1.165) is 17.8 Å². The summed E-state index contributed by atoms with van der Waals surface area (Å²) in [4.78, 5) is 0. The second kappa shape index (κ2) is 5.64. The van der Waals surface area contributed by atoms with E-state index in [1.54, 1.807) is 0 Å². The first-order valence-electron chi connectivity index (χ1n) is 5.92. The summed E-state index contributed by atoms with van der Waals surface area (Å²) in [5.74, 6) is 2.91. The Morgan fingerprint density at radius 2 is 2.08 bits per heavy atom. The van der Waals surface area contributed by atoms with E-state index in [0.29, 0.717) is 0 Å². The molecule has 0 saturated heterocycles. The van der Waals surface area contributed by atoms with Gasteiger partial charge in [0.15, 0.2) is 0 Å². The van der Waals surface area contributed by atoms with Crippen LogP contribution in [0.3, 0.4) is 0 Å². The lowest BCUT2D eigenvalue weighted by Gasteiger charge is -2.34. The lowest BCUT2D eigenvalue weighted by molar-refractivity contribution is 0.183. The molecule has 0 heterocycles. The molecule has 0 aromatic rings. The van der Waals surface area contributed by atoms with E-state index in [1.807, 2.05) is 0 Å². The Bertz CT molecular complexity index is 133. The molecule has 1 aliphatic rings. The molecule has 3 unspecified atom stereocenters. The standard InChI is InChI=1S/C12H25N/c1-4-5-11-7-6-10(2)12(8-11)9-13-3/h10-13H,4-9H2,1-3H3. The minimum atomic E-state index is 0.940. The fourth-order valence-corrected chi connectivity index (χ4v) is 2.73. The van der Waals surface area contributed by atoms with Gasteiger partial charge in [-0.25, -0.2) is 0 Å². The van der Waals surface area contributed by atoms with E-state index in [1.165, 1.54) is 38.6 Å². The van der Waals surface area contributed by atoms with Gasteiger partial charge < -0.3 is 5.32 Å². The molecule has 0 aromatic heterocycles. The molecule has 1 saturated carbocycles. The predicted molar refractivity (Wildman–Crippen MR) is 58.8 cm³/mol. The normalized spacial score (nSPS) is 34.8. The van der Waals surface area contributed by atoms with Gasteiger partial charge in [0.1, 0.15) is 0 Å². The Morgan fingerprint density at radius 3 is 2.69 bits per heavy atom. The molecule has 1 aliphatic carbocycles. The van der Waals surface area contributed by atoms with E-state index in [4.69, 9.17) is 0 Å². The molecule has 1 rings (SSSR count). The zero-order valence-electron chi connectivity index (χ0n) is 9.47. The van der Waals surface area contributed by atoms with Crippen molar-refractivity contribution in [1.29, 1.82) is 0 Å². The molecular formula is C12H25N. The average molecular weight is 183 g/mol. The van der Waals surface area contributed by atoms with Crippen molar-refractivity contribution >= 4 is 0 Å². The Morgan fingerprint density at radius 1 is 1.31 bits per heavy atom. The molecule has 0 spiro atoms. The van der Waals surface area contributed by atoms with Crippen molar-refractivity contribution in [3.05, 3.63) is 0 Å². The van der Waals surface area contributed by atoms with Gasteiger partial charge >= 0.3 is 0 Å². The first kappa shape index (κ1) is 11.0. The highest BCUT2D eigenvalue weighted by atomic mass is 14.8. The SMILES string of the molecule is CCCC1CCC(C)C(CNC)C1. The minimum absolute atomic E-state index is 0.940. The largest absolute Gasteiger partial charge is 0.319 e. The lowest BCUT2D eigenvalue weighted by Crippen LogP contribution is -2.30. The Labute approximate surface area is 83.3 Å². The third-order valence-corrected chi connectivity index (χ3v) is 3.63. The van der Waals surface area contributed by atoms with Crippen molar-refractivity contribution < 1.29 is 0 Å². The van der Waals surface area contributed by atoms with Gasteiger partial charge in [-0.05, 0) is 37.8 Å². The fourth-order valence-electron chi connectivity index (χ4n) is 2.73. The number of hydrogen-bond donors (Lipinski definition) is 1. The maximum atomic E-state index is 3.33. The molecule has 13 heavy (non-hydrogen) atoms. The number of rotatable bonds is 4. The third-order valence-electron chi connectivity index (χ3n) is 3.63. The van der Waals surface area contributed by atoms with Crippen LogP contribution in [0.1, 0.15) is 46.0 Å². The first-order chi connectivity index (χ1) is 6.27. The zero-order chi connectivity index (χ0) is 9.68. The van der Waals surface area contributed by atoms with Crippen LogP contribution < -0.4 is 5.32 Å². The summed E-state index contributed by atoms with van der Waals surface area (Å²) < 4.78 is 0. The molecule has 1 N–H and O–H groups in total. The highest BCUT2D eigenvalue weighted by molar-refractivity contribution is 4.78. The summed E-state index contributed by atoms with van der Waals surface area (Å²) in [6.07, 6.45) is 7.22. The monoisotopic (exact) mass is 183 g/mol. The molecule has 0 amide bonds. The maximum Gasteiger partial charge on any atom is -0.00209 e. The van der Waals surface area contributed by atoms with Gasteiger partial charge in [0.05, 0.1) is 0 Å². The smallest absolute Gasteiger partial charge is 0.00209 e. The van der Waals surface area contributed by atoms with Gasteiger partial charge in [-0.1, -0.05) is 39.5 Å². The van der Waals surface area contributed by atoms with Gasteiger partial charge in [0.25, 0.3) is 0 Å². The number of nitrogens with one attached hydrogen (secondary N) is 1. The third kappa shape index (κ3) is 3.30. The maximum absolute atomic E-state index is 3.33. The lowest BCUT2D eigenvalue weighted by atomic mass is 9.73. The fraction of sp³-hybridized carbons (Fsp3) is 1.00. The molecule has 0 radical (unpaired) electrons. The molecular weight excluding hydrogens is 158 g/mol. The summed E-state index contributed by atoms with van der Waals surface area (Å²) in [6.45, 7) is 5.96. The van der Waals surface area contributed by atoms with E-state index < -0.39 is 0 Å². The van der Waals surface area contributed by atoms with Gasteiger partial charge in [0, 0.05) is 0 Å². The van der Waals surface area contributed by atoms with Crippen LogP contribution in [0.25, 0.3) is 0 Å². The van der Waals surface area contributed by atoms with Crippen molar-refractivity contribution in [2.24, 2.45) is 17.8 Å². The average Bonchev–Trinajstić information content (AvgIpc) is 2.12. The van der Waals surface area contributed by atoms with Crippen LogP contribution in [0, 0.1) is 17.8 Å². The van der Waals surface area contributed by atoms with Crippen LogP contribution in [0.4, 0.5) is 0 Å². The van der Waals surface area contributed by atoms with Crippen molar-refractivity contribution in [3.63, 3.8) is 0 Å². The quantitative estimate of drug-likeness (QED) is 0.706. The summed E-state index contributed by atoms with van der Waals surface area (Å²) in [7, 11) is 2.08. The van der Waals surface area contributed by atoms with E-state index in [2.05, 4.69) is 26.2 Å². The molecule has 0 aliphatic heterocycles. The Hall–Kier alpha value is -0.0400. The second-order valence-corrected chi connectivity index (χ2v) is 4.76. The van der Waals surface area contributed by atoms with E-state index in [9.17, 15) is 0 Å². The van der Waals surface area contributed by atoms with Crippen molar-refractivity contribution in [1.82, 2.24) is 5.32 Å². The second-order valence-electron chi connectivity index (χ2n) is 4.76. The van der Waals surface area contributed by atoms with Gasteiger partial charge in [0.2, 0.25) is 0 Å². The van der Waals surface area contributed by atoms with Crippen LogP contribution in [-0.4, -0.2) is 13.6 Å². The Kier molecular flexibility index (Phi) is 4.79. The molecule has 1 heteroatoms. The molecule has 1 nitrogen and oxygen atoms in total. The summed E-state index contributed by atoms with van der Waals surface area (Å²) >= 11 is 0. The minimum Gasteiger partial charge on any atom is -0.319 e. The highest BCUT2D eigenvalue weighted by Gasteiger charge is 2.26. The van der Waals surface area contributed by atoms with Crippen molar-refractivity contribution in [2.75, 3.05) is 13.6 Å². The molecule has 3 atom stereocenters. The molecule has 78 valence electrons. The summed E-state index contributed by atoms with van der Waals surface area (Å²) in [5, 5.41) is 3.33. The van der Waals surface area contributed by atoms with Crippen LogP contribution in [0.5, 0.6) is 0 Å². The van der Waals surface area contributed by atoms with E-state index >= 15 is 0 Å². The highest BCUT2D eigenvalue weighted by Crippen LogP contribution is 2.35.